The highest BCUT2D eigenvalue weighted by Crippen LogP contribution is 2.02. The maximum atomic E-state index is 11.8. The minimum absolute atomic E-state index is 0.0761. The fraction of sp³-hybridized carbons (Fsp3) is 0.615. The second-order valence-corrected chi connectivity index (χ2v) is 5.17. The Labute approximate surface area is 139 Å². The van der Waals surface area contributed by atoms with Crippen molar-refractivity contribution in [1.29, 1.82) is 0 Å². The van der Waals surface area contributed by atoms with Crippen LogP contribution in [0.2, 0.25) is 0 Å². The third-order valence-corrected chi connectivity index (χ3v) is 3.06. The molecule has 12 N–H and O–H groups in total. The molecule has 0 heterocycles. The van der Waals surface area contributed by atoms with Crippen molar-refractivity contribution in [2.24, 2.45) is 44.4 Å². The van der Waals surface area contributed by atoms with Crippen molar-refractivity contribution in [1.82, 2.24) is 0 Å². The molecule has 0 amide bonds. The lowest BCUT2D eigenvalue weighted by Gasteiger charge is -2.11. The number of guanidine groups is 2. The quantitative estimate of drug-likeness (QED) is 0.0676. The number of ketones is 3. The van der Waals surface area contributed by atoms with Crippen molar-refractivity contribution >= 4 is 29.3 Å². The number of carbonyl (C=O) groups is 3. The molecule has 0 aliphatic carbocycles. The lowest BCUT2D eigenvalue weighted by Crippen LogP contribution is -2.45. The third-order valence-electron chi connectivity index (χ3n) is 3.06. The summed E-state index contributed by atoms with van der Waals surface area (Å²) in [6, 6.07) is -2.19. The topological polar surface area (TPSA) is 232 Å². The summed E-state index contributed by atoms with van der Waals surface area (Å²) in [7, 11) is 0. The van der Waals surface area contributed by atoms with Crippen LogP contribution in [0.1, 0.15) is 25.7 Å². The van der Waals surface area contributed by atoms with E-state index < -0.39 is 29.4 Å². The Bertz CT molecular complexity index is 465. The van der Waals surface area contributed by atoms with Crippen LogP contribution in [0.3, 0.4) is 0 Å². The van der Waals surface area contributed by atoms with Gasteiger partial charge in [-0.05, 0) is 25.7 Å². The highest BCUT2D eigenvalue weighted by Gasteiger charge is 2.30. The minimum Gasteiger partial charge on any atom is -0.370 e. The van der Waals surface area contributed by atoms with E-state index in [9.17, 15) is 14.4 Å². The fourth-order valence-electron chi connectivity index (χ4n) is 1.76. The number of hydrogen-bond donors (Lipinski definition) is 6. The predicted molar refractivity (Wildman–Crippen MR) is 90.8 cm³/mol. The summed E-state index contributed by atoms with van der Waals surface area (Å²) in [5.41, 5.74) is 31.8. The Morgan fingerprint density at radius 1 is 0.708 bits per heavy atom. The van der Waals surface area contributed by atoms with Crippen LogP contribution in [0.5, 0.6) is 0 Å². The first kappa shape index (κ1) is 21.5. The van der Waals surface area contributed by atoms with Crippen molar-refractivity contribution in [3.05, 3.63) is 0 Å². The Morgan fingerprint density at radius 2 is 1.04 bits per heavy atom. The zero-order valence-electron chi connectivity index (χ0n) is 13.5. The van der Waals surface area contributed by atoms with Gasteiger partial charge >= 0.3 is 0 Å². The summed E-state index contributed by atoms with van der Waals surface area (Å²) in [6.45, 7) is 0.547. The molecule has 2 atom stereocenters. The molecule has 136 valence electrons. The normalized spacial score (nSPS) is 12.8. The van der Waals surface area contributed by atoms with Crippen LogP contribution >= 0.6 is 0 Å². The van der Waals surface area contributed by atoms with Crippen LogP contribution in [0.4, 0.5) is 0 Å². The van der Waals surface area contributed by atoms with Gasteiger partial charge in [-0.15, -0.1) is 0 Å². The first-order valence-electron chi connectivity index (χ1n) is 7.41. The zero-order valence-corrected chi connectivity index (χ0v) is 13.5. The molecule has 0 spiro atoms. The summed E-state index contributed by atoms with van der Waals surface area (Å²) >= 11 is 0. The Hall–Kier alpha value is -2.53. The van der Waals surface area contributed by atoms with Crippen LogP contribution in [0.25, 0.3) is 0 Å². The van der Waals surface area contributed by atoms with E-state index in [4.69, 9.17) is 34.4 Å². The second-order valence-electron chi connectivity index (χ2n) is 5.17. The molecule has 0 bridgehead atoms. The zero-order chi connectivity index (χ0) is 18.7. The standard InChI is InChI=1S/C13H26N8O3/c14-7(3-1-5-20-12(16)17)9(22)11(24)10(23)8(15)4-2-6-21-13(18)19/h7-8H,1-6,14-15H2,(H4,16,17,20)(H4,18,19,21)/t7-,8-/m0/s1. The number of carbonyl (C=O) groups excluding carboxylic acids is 3. The van der Waals surface area contributed by atoms with Crippen LogP contribution < -0.4 is 34.4 Å². The molecule has 0 aromatic carbocycles. The van der Waals surface area contributed by atoms with Gasteiger partial charge in [-0.25, -0.2) is 0 Å². The number of aliphatic imine (C=N–C) groups is 2. The molecule has 0 fully saturated rings. The van der Waals surface area contributed by atoms with E-state index in [0.29, 0.717) is 12.8 Å². The van der Waals surface area contributed by atoms with Gasteiger partial charge in [0.2, 0.25) is 11.6 Å². The highest BCUT2D eigenvalue weighted by atomic mass is 16.2. The molecule has 0 aliphatic heterocycles. The number of nitrogens with zero attached hydrogens (tertiary/aromatic N) is 2. The third kappa shape index (κ3) is 8.80. The van der Waals surface area contributed by atoms with E-state index in [0.717, 1.165) is 0 Å². The van der Waals surface area contributed by atoms with Crippen LogP contribution in [0, 0.1) is 0 Å². The van der Waals surface area contributed by atoms with E-state index >= 15 is 0 Å². The van der Waals surface area contributed by atoms with Gasteiger partial charge < -0.3 is 34.4 Å². The van der Waals surface area contributed by atoms with Crippen LogP contribution in [-0.4, -0.2) is 54.4 Å². The highest BCUT2D eigenvalue weighted by molar-refractivity contribution is 6.65. The van der Waals surface area contributed by atoms with Crippen molar-refractivity contribution in [3.63, 3.8) is 0 Å². The molecule has 24 heavy (non-hydrogen) atoms. The SMILES string of the molecule is NC(N)=NCCC[C@H](N)C(=O)C(=O)C(=O)[C@@H](N)CCCN=C(N)N. The number of rotatable bonds is 12. The lowest BCUT2D eigenvalue weighted by molar-refractivity contribution is -0.145. The number of Topliss-reactive ketones (excluding diaryl/α,β-unsaturated/α-hetero) is 3. The first-order valence-corrected chi connectivity index (χ1v) is 7.41. The summed E-state index contributed by atoms with van der Waals surface area (Å²) in [5, 5.41) is 0. The maximum absolute atomic E-state index is 11.8. The molecule has 0 radical (unpaired) electrons. The van der Waals surface area contributed by atoms with Gasteiger partial charge in [0.15, 0.2) is 11.9 Å². The summed E-state index contributed by atoms with van der Waals surface area (Å²) in [6.07, 6.45) is 1.15. The average molecular weight is 342 g/mol. The van der Waals surface area contributed by atoms with E-state index in [-0.39, 0.29) is 37.9 Å². The molecule has 0 aromatic heterocycles. The first-order chi connectivity index (χ1) is 11.2. The largest absolute Gasteiger partial charge is 0.370 e. The van der Waals surface area contributed by atoms with Gasteiger partial charge in [0, 0.05) is 13.1 Å². The van der Waals surface area contributed by atoms with Crippen LogP contribution in [-0.2, 0) is 14.4 Å². The van der Waals surface area contributed by atoms with Gasteiger partial charge in [-0.3, -0.25) is 24.4 Å². The molecule has 0 unspecified atom stereocenters. The molecule has 0 rings (SSSR count). The van der Waals surface area contributed by atoms with Gasteiger partial charge in [-0.1, -0.05) is 0 Å². The summed E-state index contributed by atoms with van der Waals surface area (Å²) in [4.78, 5) is 43.0. The van der Waals surface area contributed by atoms with E-state index in [2.05, 4.69) is 9.98 Å². The molecular weight excluding hydrogens is 316 g/mol. The number of nitrogens with two attached hydrogens (primary N) is 6. The Morgan fingerprint density at radius 3 is 1.33 bits per heavy atom. The van der Waals surface area contributed by atoms with Crippen molar-refractivity contribution in [2.75, 3.05) is 13.1 Å². The van der Waals surface area contributed by atoms with E-state index in [1.54, 1.807) is 0 Å². The maximum Gasteiger partial charge on any atom is 0.267 e. The van der Waals surface area contributed by atoms with Crippen molar-refractivity contribution in [2.45, 2.75) is 37.8 Å². The predicted octanol–water partition coefficient (Wildman–Crippen LogP) is -3.54. The second kappa shape index (κ2) is 11.1. The molecule has 0 aromatic rings. The van der Waals surface area contributed by atoms with Gasteiger partial charge in [0.05, 0.1) is 12.1 Å². The van der Waals surface area contributed by atoms with Crippen LogP contribution in [0.15, 0.2) is 9.98 Å². The summed E-state index contributed by atoms with van der Waals surface area (Å²) < 4.78 is 0. The van der Waals surface area contributed by atoms with Gasteiger partial charge in [0.25, 0.3) is 5.78 Å². The molecule has 11 heteroatoms. The molecule has 11 nitrogen and oxygen atoms in total. The smallest absolute Gasteiger partial charge is 0.267 e. The Kier molecular flexibility index (Phi) is 9.91. The Balaban J connectivity index is 4.33. The average Bonchev–Trinajstić information content (AvgIpc) is 2.52. The monoisotopic (exact) mass is 342 g/mol. The van der Waals surface area contributed by atoms with Gasteiger partial charge in [-0.2, -0.15) is 0 Å². The minimum atomic E-state index is -1.20. The number of hydrogen-bond acceptors (Lipinski definition) is 7. The molecule has 0 saturated heterocycles. The molecule has 0 saturated carbocycles. The summed E-state index contributed by atoms with van der Waals surface area (Å²) in [5.74, 6) is -3.28. The molecule has 0 aliphatic rings. The van der Waals surface area contributed by atoms with Crippen molar-refractivity contribution < 1.29 is 14.4 Å². The van der Waals surface area contributed by atoms with Crippen molar-refractivity contribution in [3.8, 4) is 0 Å². The van der Waals surface area contributed by atoms with Gasteiger partial charge in [0.1, 0.15) is 0 Å². The fourth-order valence-corrected chi connectivity index (χ4v) is 1.76. The van der Waals surface area contributed by atoms with E-state index in [1.165, 1.54) is 0 Å². The molecular formula is C13H26N8O3. The lowest BCUT2D eigenvalue weighted by atomic mass is 9.97. The van der Waals surface area contributed by atoms with E-state index in [1.807, 2.05) is 0 Å².